The van der Waals surface area contributed by atoms with E-state index in [1.165, 1.54) is 26.5 Å². The normalized spacial score (nSPS) is 12.0. The Balaban J connectivity index is 2.01. The largest absolute Gasteiger partial charge is 0.288 e. The maximum absolute atomic E-state index is 13.3. The number of nitrogens with zero attached hydrogens (tertiary/aromatic N) is 4. The number of allylic oxidation sites excluding steroid dienone is 1. The van der Waals surface area contributed by atoms with Crippen LogP contribution in [0, 0.1) is 0 Å². The molecule has 3 rings (SSSR count). The number of hydrogen-bond acceptors (Lipinski definition) is 4. The van der Waals surface area contributed by atoms with E-state index in [1.807, 2.05) is 0 Å². The van der Waals surface area contributed by atoms with Crippen LogP contribution in [0.3, 0.4) is 0 Å². The summed E-state index contributed by atoms with van der Waals surface area (Å²) in [5, 5.41) is 5.65. The Bertz CT molecular complexity index is 999. The van der Waals surface area contributed by atoms with Gasteiger partial charge in [-0.2, -0.15) is 13.9 Å². The molecular weight excluding hydrogens is 358 g/mol. The van der Waals surface area contributed by atoms with E-state index < -0.39 is 11.6 Å². The van der Waals surface area contributed by atoms with Gasteiger partial charge in [-0.25, -0.2) is 9.67 Å². The third kappa shape index (κ3) is 2.99. The highest BCUT2D eigenvalue weighted by atomic mass is 35.5. The van der Waals surface area contributed by atoms with E-state index >= 15 is 0 Å². The molecular formula is C15H13ClF2N4OS. The second kappa shape index (κ2) is 5.78. The van der Waals surface area contributed by atoms with Crippen LogP contribution >= 0.6 is 22.9 Å². The minimum Gasteiger partial charge on any atom is -0.269 e. The third-order valence-electron chi connectivity index (χ3n) is 3.39. The molecule has 0 unspecified atom stereocenters. The van der Waals surface area contributed by atoms with Crippen LogP contribution < -0.4 is 5.56 Å². The molecule has 0 aliphatic rings. The average molecular weight is 371 g/mol. The minimum atomic E-state index is -3.09. The molecule has 0 amide bonds. The van der Waals surface area contributed by atoms with Crippen LogP contribution in [0.4, 0.5) is 8.78 Å². The molecule has 126 valence electrons. The molecule has 0 N–H and O–H groups in total. The lowest BCUT2D eigenvalue weighted by Gasteiger charge is -2.06. The van der Waals surface area contributed by atoms with Crippen molar-refractivity contribution in [3.05, 3.63) is 56.7 Å². The second-order valence-electron chi connectivity index (χ2n) is 5.50. The molecule has 0 spiro atoms. The fraction of sp³-hybridized carbons (Fsp3) is 0.267. The first-order valence-corrected chi connectivity index (χ1v) is 8.20. The van der Waals surface area contributed by atoms with Gasteiger partial charge in [0.2, 0.25) is 0 Å². The van der Waals surface area contributed by atoms with E-state index in [0.717, 1.165) is 18.6 Å². The van der Waals surface area contributed by atoms with Crippen molar-refractivity contribution in [2.75, 3.05) is 0 Å². The van der Waals surface area contributed by atoms with E-state index in [-0.39, 0.29) is 17.3 Å². The molecule has 0 saturated carbocycles. The number of hydrogen-bond donors (Lipinski definition) is 0. The van der Waals surface area contributed by atoms with Crippen LogP contribution in [0.1, 0.15) is 30.9 Å². The fourth-order valence-electron chi connectivity index (χ4n) is 2.21. The highest BCUT2D eigenvalue weighted by Crippen LogP contribution is 2.28. The molecule has 3 heterocycles. The van der Waals surface area contributed by atoms with Crippen molar-refractivity contribution in [3.63, 3.8) is 0 Å². The van der Waals surface area contributed by atoms with Gasteiger partial charge in [0.15, 0.2) is 4.96 Å². The quantitative estimate of drug-likeness (QED) is 0.702. The summed E-state index contributed by atoms with van der Waals surface area (Å²) in [7, 11) is 0. The summed E-state index contributed by atoms with van der Waals surface area (Å²) in [4.78, 5) is 17.2. The van der Waals surface area contributed by atoms with Crippen LogP contribution in [0.5, 0.6) is 0 Å². The van der Waals surface area contributed by atoms with Gasteiger partial charge in [0.05, 0.1) is 17.9 Å². The van der Waals surface area contributed by atoms with Gasteiger partial charge < -0.3 is 0 Å². The molecule has 24 heavy (non-hydrogen) atoms. The van der Waals surface area contributed by atoms with Gasteiger partial charge in [-0.3, -0.25) is 9.20 Å². The molecule has 0 bridgehead atoms. The lowest BCUT2D eigenvalue weighted by Crippen LogP contribution is -2.17. The van der Waals surface area contributed by atoms with Gasteiger partial charge in [0.1, 0.15) is 10.8 Å². The van der Waals surface area contributed by atoms with E-state index in [0.29, 0.717) is 16.3 Å². The molecule has 3 aromatic rings. The van der Waals surface area contributed by atoms with Crippen LogP contribution in [0.15, 0.2) is 28.9 Å². The first-order chi connectivity index (χ1) is 11.2. The lowest BCUT2D eigenvalue weighted by molar-refractivity contribution is 0.0121. The SMILES string of the molecule is C=C(C)c1csc2nc(Cn3nc(C(C)(F)F)cc3Cl)cc(=O)n12. The van der Waals surface area contributed by atoms with Crippen molar-refractivity contribution in [2.24, 2.45) is 0 Å². The molecule has 0 atom stereocenters. The summed E-state index contributed by atoms with van der Waals surface area (Å²) in [5.41, 5.74) is 1.16. The molecule has 9 heteroatoms. The number of alkyl halides is 2. The van der Waals surface area contributed by atoms with Crippen molar-refractivity contribution in [2.45, 2.75) is 26.3 Å². The van der Waals surface area contributed by atoms with Crippen LogP contribution in [-0.4, -0.2) is 19.2 Å². The number of thiazole rings is 1. The van der Waals surface area contributed by atoms with Gasteiger partial charge in [0, 0.05) is 24.4 Å². The van der Waals surface area contributed by atoms with Gasteiger partial charge in [-0.05, 0) is 12.5 Å². The number of rotatable bonds is 4. The van der Waals surface area contributed by atoms with Gasteiger partial charge in [-0.15, -0.1) is 11.3 Å². The smallest absolute Gasteiger partial charge is 0.269 e. The van der Waals surface area contributed by atoms with Crippen molar-refractivity contribution < 1.29 is 8.78 Å². The topological polar surface area (TPSA) is 52.2 Å². The Kier molecular flexibility index (Phi) is 4.05. The summed E-state index contributed by atoms with van der Waals surface area (Å²) in [5.74, 6) is -3.09. The number of halogens is 3. The standard InChI is InChI=1S/C15H13ClF2N4OS/c1-8(2)10-7-24-14-19-9(4-13(23)22(10)14)6-21-12(16)5-11(20-21)15(3,17)18/h4-5,7H,1,6H2,2-3H3. The first-order valence-electron chi connectivity index (χ1n) is 6.94. The zero-order valence-electron chi connectivity index (χ0n) is 12.9. The highest BCUT2D eigenvalue weighted by Gasteiger charge is 2.29. The van der Waals surface area contributed by atoms with Gasteiger partial charge >= 0.3 is 0 Å². The summed E-state index contributed by atoms with van der Waals surface area (Å²) in [6, 6.07) is 2.45. The number of aromatic nitrogens is 4. The molecule has 0 aromatic carbocycles. The Hall–Kier alpha value is -2.06. The van der Waals surface area contributed by atoms with Crippen LogP contribution in [-0.2, 0) is 12.5 Å². The monoisotopic (exact) mass is 370 g/mol. The highest BCUT2D eigenvalue weighted by molar-refractivity contribution is 7.15. The van der Waals surface area contributed by atoms with E-state index in [9.17, 15) is 13.6 Å². The second-order valence-corrected chi connectivity index (χ2v) is 6.73. The molecule has 0 saturated heterocycles. The molecule has 0 aliphatic carbocycles. The zero-order chi connectivity index (χ0) is 17.6. The van der Waals surface area contributed by atoms with Crippen LogP contribution in [0.25, 0.3) is 10.5 Å². The first kappa shape index (κ1) is 16.8. The minimum absolute atomic E-state index is 0.0287. The molecule has 0 fully saturated rings. The predicted molar refractivity (Wildman–Crippen MR) is 90.0 cm³/mol. The van der Waals surface area contributed by atoms with Crippen molar-refractivity contribution >= 4 is 33.5 Å². The fourth-order valence-corrected chi connectivity index (χ4v) is 3.40. The van der Waals surface area contributed by atoms with E-state index in [1.54, 1.807) is 12.3 Å². The Morgan fingerprint density at radius 1 is 1.46 bits per heavy atom. The summed E-state index contributed by atoms with van der Waals surface area (Å²) < 4.78 is 29.3. The molecule has 0 aliphatic heterocycles. The maximum atomic E-state index is 13.3. The molecule has 0 radical (unpaired) electrons. The van der Waals surface area contributed by atoms with Gasteiger partial charge in [-0.1, -0.05) is 18.2 Å². The maximum Gasteiger partial charge on any atom is 0.288 e. The van der Waals surface area contributed by atoms with E-state index in [4.69, 9.17) is 11.6 Å². The number of fused-ring (bicyclic) bond motifs is 1. The summed E-state index contributed by atoms with van der Waals surface area (Å²) >= 11 is 7.25. The Labute approximate surface area is 144 Å². The Morgan fingerprint density at radius 2 is 2.17 bits per heavy atom. The lowest BCUT2D eigenvalue weighted by atomic mass is 10.3. The van der Waals surface area contributed by atoms with Crippen molar-refractivity contribution in [1.82, 2.24) is 19.2 Å². The zero-order valence-corrected chi connectivity index (χ0v) is 14.5. The summed E-state index contributed by atoms with van der Waals surface area (Å²) in [6.07, 6.45) is 0. The van der Waals surface area contributed by atoms with Gasteiger partial charge in [0.25, 0.3) is 11.5 Å². The summed E-state index contributed by atoms with van der Waals surface area (Å²) in [6.45, 7) is 6.41. The molecule has 5 nitrogen and oxygen atoms in total. The van der Waals surface area contributed by atoms with Crippen LogP contribution in [0.2, 0.25) is 5.15 Å². The Morgan fingerprint density at radius 3 is 2.75 bits per heavy atom. The van der Waals surface area contributed by atoms with E-state index in [2.05, 4.69) is 16.7 Å². The third-order valence-corrected chi connectivity index (χ3v) is 4.52. The molecule has 3 aromatic heterocycles. The predicted octanol–water partition coefficient (Wildman–Crippen LogP) is 3.80. The average Bonchev–Trinajstić information content (AvgIpc) is 3.03. The van der Waals surface area contributed by atoms with Crippen molar-refractivity contribution in [1.29, 1.82) is 0 Å². The van der Waals surface area contributed by atoms with Crippen molar-refractivity contribution in [3.8, 4) is 0 Å².